The smallest absolute Gasteiger partial charge is 0.373 e. The molecule has 0 bridgehead atoms. The van der Waals surface area contributed by atoms with Gasteiger partial charge >= 0.3 is 11.6 Å². The van der Waals surface area contributed by atoms with Crippen LogP contribution in [0.15, 0.2) is 67.0 Å². The second-order valence-corrected chi connectivity index (χ2v) is 8.64. The summed E-state index contributed by atoms with van der Waals surface area (Å²) in [4.78, 5) is 24.3. The number of anilines is 1. The fourth-order valence-corrected chi connectivity index (χ4v) is 4.62. The Morgan fingerprint density at radius 2 is 1.75 bits per heavy atom. The number of hydrogen-bond acceptors (Lipinski definition) is 9. The Bertz CT molecular complexity index is 1430. The first-order chi connectivity index (χ1) is 17.7. The molecule has 0 spiro atoms. The van der Waals surface area contributed by atoms with Crippen LogP contribution in [-0.4, -0.2) is 52.8 Å². The van der Waals surface area contributed by atoms with Crippen molar-refractivity contribution in [1.29, 1.82) is 0 Å². The van der Waals surface area contributed by atoms with Crippen molar-refractivity contribution in [1.82, 2.24) is 14.9 Å². The Hall–Kier alpha value is -4.44. The van der Waals surface area contributed by atoms with Crippen molar-refractivity contribution in [2.24, 2.45) is 0 Å². The highest BCUT2D eigenvalue weighted by Crippen LogP contribution is 2.38. The Labute approximate surface area is 206 Å². The van der Waals surface area contributed by atoms with Gasteiger partial charge in [-0.25, -0.2) is 4.98 Å². The first-order valence-electron chi connectivity index (χ1n) is 11.7. The average Bonchev–Trinajstić information content (AvgIpc) is 3.37. The third-order valence-electron chi connectivity index (χ3n) is 6.42. The fraction of sp³-hybridized carbons (Fsp3) is 0.231. The topological polar surface area (TPSA) is 103 Å². The Kier molecular flexibility index (Phi) is 5.70. The highest BCUT2D eigenvalue weighted by Gasteiger charge is 2.31. The van der Waals surface area contributed by atoms with Crippen molar-refractivity contribution in [3.05, 3.63) is 82.7 Å². The molecular formula is C26H23N5O5. The Morgan fingerprint density at radius 3 is 2.61 bits per heavy atom. The minimum absolute atomic E-state index is 0.0656. The van der Waals surface area contributed by atoms with Crippen molar-refractivity contribution < 1.29 is 19.1 Å². The first-order valence-corrected chi connectivity index (χ1v) is 11.7. The maximum Gasteiger partial charge on any atom is 0.373 e. The maximum absolute atomic E-state index is 12.1. The molecule has 10 nitrogen and oxygen atoms in total. The van der Waals surface area contributed by atoms with E-state index in [-0.39, 0.29) is 24.2 Å². The molecule has 4 aromatic rings. The normalized spacial score (nSPS) is 15.3. The van der Waals surface area contributed by atoms with Gasteiger partial charge in [-0.3, -0.25) is 15.0 Å². The van der Waals surface area contributed by atoms with Gasteiger partial charge in [0, 0.05) is 38.1 Å². The molecule has 3 heterocycles. The number of piperazine rings is 1. The van der Waals surface area contributed by atoms with Gasteiger partial charge in [0.05, 0.1) is 4.92 Å². The minimum Gasteiger partial charge on any atom is -0.454 e. The SMILES string of the molecule is O=[N+]([O-])c1c(Oc2cccc3ccccc23)ncnc1N1CCN(Cc2ccc3c(c2)OCO3)CC1. The summed E-state index contributed by atoms with van der Waals surface area (Å²) in [6.07, 6.45) is 1.32. The molecule has 0 saturated carbocycles. The van der Waals surface area contributed by atoms with E-state index >= 15 is 0 Å². The van der Waals surface area contributed by atoms with Gasteiger partial charge in [0.2, 0.25) is 12.6 Å². The molecule has 182 valence electrons. The van der Waals surface area contributed by atoms with E-state index in [4.69, 9.17) is 14.2 Å². The molecule has 10 heteroatoms. The van der Waals surface area contributed by atoms with Gasteiger partial charge < -0.3 is 19.1 Å². The summed E-state index contributed by atoms with van der Waals surface area (Å²) in [5, 5.41) is 14.0. The predicted molar refractivity (Wildman–Crippen MR) is 133 cm³/mol. The fourth-order valence-electron chi connectivity index (χ4n) is 4.62. The van der Waals surface area contributed by atoms with E-state index in [1.54, 1.807) is 6.07 Å². The van der Waals surface area contributed by atoms with Crippen LogP contribution in [0, 0.1) is 10.1 Å². The molecule has 1 aromatic heterocycles. The van der Waals surface area contributed by atoms with E-state index in [1.807, 2.05) is 59.5 Å². The average molecular weight is 486 g/mol. The summed E-state index contributed by atoms with van der Waals surface area (Å²) in [5.74, 6) is 2.24. The largest absolute Gasteiger partial charge is 0.454 e. The summed E-state index contributed by atoms with van der Waals surface area (Å²) < 4.78 is 16.9. The third kappa shape index (κ3) is 4.22. The van der Waals surface area contributed by atoms with Gasteiger partial charge in [0.15, 0.2) is 11.5 Å². The number of fused-ring (bicyclic) bond motifs is 2. The molecule has 0 radical (unpaired) electrons. The molecule has 6 rings (SSSR count). The number of nitrogens with zero attached hydrogens (tertiary/aromatic N) is 5. The quantitative estimate of drug-likeness (QED) is 0.291. The lowest BCUT2D eigenvalue weighted by Crippen LogP contribution is -2.46. The van der Waals surface area contributed by atoms with Crippen LogP contribution in [0.25, 0.3) is 10.8 Å². The van der Waals surface area contributed by atoms with Crippen LogP contribution < -0.4 is 19.1 Å². The first kappa shape index (κ1) is 22.1. The van der Waals surface area contributed by atoms with Crippen LogP contribution in [0.4, 0.5) is 11.5 Å². The molecule has 36 heavy (non-hydrogen) atoms. The lowest BCUT2D eigenvalue weighted by molar-refractivity contribution is -0.385. The maximum atomic E-state index is 12.1. The van der Waals surface area contributed by atoms with Crippen molar-refractivity contribution in [3.63, 3.8) is 0 Å². The number of benzene rings is 3. The summed E-state index contributed by atoms with van der Waals surface area (Å²) in [7, 11) is 0. The molecule has 0 aliphatic carbocycles. The molecule has 0 N–H and O–H groups in total. The summed E-state index contributed by atoms with van der Waals surface area (Å²) in [5.41, 5.74) is 0.904. The number of rotatable bonds is 6. The van der Waals surface area contributed by atoms with E-state index in [2.05, 4.69) is 14.9 Å². The van der Waals surface area contributed by atoms with E-state index < -0.39 is 4.92 Å². The number of ether oxygens (including phenoxy) is 3. The van der Waals surface area contributed by atoms with Gasteiger partial charge in [-0.05, 0) is 29.1 Å². The predicted octanol–water partition coefficient (Wildman–Crippen LogP) is 4.38. The van der Waals surface area contributed by atoms with Crippen LogP contribution in [0.5, 0.6) is 23.1 Å². The zero-order chi connectivity index (χ0) is 24.5. The van der Waals surface area contributed by atoms with E-state index in [0.29, 0.717) is 18.8 Å². The lowest BCUT2D eigenvalue weighted by atomic mass is 10.1. The number of hydrogen-bond donors (Lipinski definition) is 0. The zero-order valence-corrected chi connectivity index (χ0v) is 19.4. The van der Waals surface area contributed by atoms with Gasteiger partial charge in [-0.15, -0.1) is 0 Å². The van der Waals surface area contributed by atoms with Crippen molar-refractivity contribution >= 4 is 22.3 Å². The Balaban J connectivity index is 1.20. The molecule has 0 unspecified atom stereocenters. The second kappa shape index (κ2) is 9.31. The molecule has 0 atom stereocenters. The standard InChI is InChI=1S/C26H23N5O5/c32-31(33)24-25(27-16-28-26(24)36-21-7-3-5-19-4-1-2-6-20(19)21)30-12-10-29(11-13-30)15-18-8-9-22-23(14-18)35-17-34-22/h1-9,14,16H,10-13,15,17H2. The van der Waals surface area contributed by atoms with Crippen molar-refractivity contribution in [3.8, 4) is 23.1 Å². The summed E-state index contributed by atoms with van der Waals surface area (Å²) in [6.45, 7) is 3.66. The molecule has 1 saturated heterocycles. The lowest BCUT2D eigenvalue weighted by Gasteiger charge is -2.35. The van der Waals surface area contributed by atoms with Gasteiger partial charge in [0.25, 0.3) is 0 Å². The zero-order valence-electron chi connectivity index (χ0n) is 19.4. The highest BCUT2D eigenvalue weighted by atomic mass is 16.7. The second-order valence-electron chi connectivity index (χ2n) is 8.64. The van der Waals surface area contributed by atoms with Crippen LogP contribution in [0.2, 0.25) is 0 Å². The summed E-state index contributed by atoms with van der Waals surface area (Å²) >= 11 is 0. The monoisotopic (exact) mass is 485 g/mol. The highest BCUT2D eigenvalue weighted by molar-refractivity contribution is 5.88. The molecular weight excluding hydrogens is 462 g/mol. The van der Waals surface area contributed by atoms with Gasteiger partial charge in [-0.1, -0.05) is 42.5 Å². The third-order valence-corrected chi connectivity index (χ3v) is 6.42. The van der Waals surface area contributed by atoms with E-state index in [9.17, 15) is 10.1 Å². The molecule has 3 aromatic carbocycles. The summed E-state index contributed by atoms with van der Waals surface area (Å²) in [6, 6.07) is 19.3. The molecule has 2 aliphatic rings. The minimum atomic E-state index is -0.464. The van der Waals surface area contributed by atoms with Gasteiger partial charge in [0.1, 0.15) is 12.1 Å². The molecule has 1 fully saturated rings. The van der Waals surface area contributed by atoms with Crippen LogP contribution >= 0.6 is 0 Å². The van der Waals surface area contributed by atoms with Crippen molar-refractivity contribution in [2.45, 2.75) is 6.54 Å². The van der Waals surface area contributed by atoms with E-state index in [0.717, 1.165) is 47.5 Å². The van der Waals surface area contributed by atoms with Gasteiger partial charge in [-0.2, -0.15) is 4.98 Å². The van der Waals surface area contributed by atoms with Crippen LogP contribution in [-0.2, 0) is 6.54 Å². The van der Waals surface area contributed by atoms with Crippen LogP contribution in [0.1, 0.15) is 5.56 Å². The van der Waals surface area contributed by atoms with Crippen LogP contribution in [0.3, 0.4) is 0 Å². The molecule has 2 aliphatic heterocycles. The molecule has 0 amide bonds. The number of aromatic nitrogens is 2. The Morgan fingerprint density at radius 1 is 0.944 bits per heavy atom. The van der Waals surface area contributed by atoms with E-state index in [1.165, 1.54) is 6.33 Å². The number of nitro groups is 1. The van der Waals surface area contributed by atoms with Crippen molar-refractivity contribution in [2.75, 3.05) is 37.9 Å².